The van der Waals surface area contributed by atoms with Gasteiger partial charge in [0.25, 0.3) is 5.91 Å². The molecule has 3 aromatic rings. The third-order valence-electron chi connectivity index (χ3n) is 6.03. The minimum atomic E-state index is -3.67. The first-order valence-electron chi connectivity index (χ1n) is 11.3. The van der Waals surface area contributed by atoms with Crippen molar-refractivity contribution in [1.29, 1.82) is 0 Å². The topological polar surface area (TPSA) is 86.8 Å². The van der Waals surface area contributed by atoms with Gasteiger partial charge in [0.05, 0.1) is 16.1 Å². The van der Waals surface area contributed by atoms with Crippen molar-refractivity contribution in [2.24, 2.45) is 0 Å². The number of sulfone groups is 1. The van der Waals surface area contributed by atoms with Gasteiger partial charge in [-0.1, -0.05) is 42.5 Å². The second-order valence-electron chi connectivity index (χ2n) is 8.49. The molecule has 0 radical (unpaired) electrons. The zero-order valence-corrected chi connectivity index (χ0v) is 20.3. The fourth-order valence-electron chi connectivity index (χ4n) is 4.18. The van der Waals surface area contributed by atoms with Gasteiger partial charge in [-0.05, 0) is 35.9 Å². The normalized spacial score (nSPS) is 14.9. The molecule has 1 atom stereocenters. The summed E-state index contributed by atoms with van der Waals surface area (Å²) in [5, 5.41) is 2.66. The van der Waals surface area contributed by atoms with Crippen molar-refractivity contribution >= 4 is 27.3 Å². The van der Waals surface area contributed by atoms with Gasteiger partial charge in [-0.25, -0.2) is 17.2 Å². The molecule has 0 saturated carbocycles. The van der Waals surface area contributed by atoms with Crippen molar-refractivity contribution in [2.75, 3.05) is 37.3 Å². The van der Waals surface area contributed by atoms with Crippen molar-refractivity contribution < 1.29 is 26.8 Å². The lowest BCUT2D eigenvalue weighted by molar-refractivity contribution is -0.133. The van der Waals surface area contributed by atoms with Crippen molar-refractivity contribution in [3.05, 3.63) is 95.6 Å². The van der Waals surface area contributed by atoms with E-state index >= 15 is 0 Å². The average Bonchev–Trinajstić information content (AvgIpc) is 2.87. The molecule has 7 nitrogen and oxygen atoms in total. The highest BCUT2D eigenvalue weighted by atomic mass is 32.2. The van der Waals surface area contributed by atoms with Gasteiger partial charge < -0.3 is 15.1 Å². The number of hydrogen-bond donors (Lipinski definition) is 1. The zero-order chi connectivity index (χ0) is 25.9. The first-order valence-corrected chi connectivity index (χ1v) is 13.2. The molecular formula is C26H25F2N3O4S. The minimum Gasteiger partial charge on any atom is -0.367 e. The molecule has 1 N–H and O–H groups in total. The number of piperazine rings is 1. The van der Waals surface area contributed by atoms with Crippen LogP contribution in [0.15, 0.2) is 77.7 Å². The van der Waals surface area contributed by atoms with E-state index in [4.69, 9.17) is 0 Å². The molecule has 1 aliphatic heterocycles. The molecule has 2 amide bonds. The lowest BCUT2D eigenvalue weighted by Crippen LogP contribution is -2.52. The Morgan fingerprint density at radius 1 is 0.889 bits per heavy atom. The molecule has 0 bridgehead atoms. The van der Waals surface area contributed by atoms with E-state index in [1.165, 1.54) is 36.4 Å². The molecule has 1 fully saturated rings. The molecule has 0 aliphatic carbocycles. The molecule has 36 heavy (non-hydrogen) atoms. The summed E-state index contributed by atoms with van der Waals surface area (Å²) in [7, 11) is -3.67. The number of halogens is 2. The molecule has 0 unspecified atom stereocenters. The van der Waals surface area contributed by atoms with E-state index in [0.29, 0.717) is 24.3 Å². The van der Waals surface area contributed by atoms with E-state index < -0.39 is 33.4 Å². The molecule has 1 saturated heterocycles. The summed E-state index contributed by atoms with van der Waals surface area (Å²) >= 11 is 0. The minimum absolute atomic E-state index is 0.110. The van der Waals surface area contributed by atoms with Crippen LogP contribution in [0.25, 0.3) is 0 Å². The summed E-state index contributed by atoms with van der Waals surface area (Å²) in [5.41, 5.74) is 0.756. The van der Waals surface area contributed by atoms with Crippen LogP contribution in [0.1, 0.15) is 22.0 Å². The quantitative estimate of drug-likeness (QED) is 0.547. The number of rotatable bonds is 6. The second-order valence-corrected chi connectivity index (χ2v) is 10.5. The van der Waals surface area contributed by atoms with Crippen LogP contribution in [-0.4, -0.2) is 57.6 Å². The number of nitrogens with one attached hydrogen (secondary N) is 1. The Morgan fingerprint density at radius 2 is 1.53 bits per heavy atom. The first kappa shape index (κ1) is 25.3. The predicted molar refractivity (Wildman–Crippen MR) is 131 cm³/mol. The van der Waals surface area contributed by atoms with E-state index in [1.54, 1.807) is 40.1 Å². The van der Waals surface area contributed by atoms with E-state index in [1.807, 2.05) is 0 Å². The van der Waals surface area contributed by atoms with Gasteiger partial charge in [-0.2, -0.15) is 0 Å². The van der Waals surface area contributed by atoms with Crippen molar-refractivity contribution in [3.63, 3.8) is 0 Å². The van der Waals surface area contributed by atoms with E-state index in [2.05, 4.69) is 5.32 Å². The predicted octanol–water partition coefficient (Wildman–Crippen LogP) is 3.19. The highest BCUT2D eigenvalue weighted by molar-refractivity contribution is 7.90. The summed E-state index contributed by atoms with van der Waals surface area (Å²) in [4.78, 5) is 29.6. The second kappa shape index (κ2) is 10.4. The Labute approximate surface area is 208 Å². The smallest absolute Gasteiger partial charge is 0.255 e. The van der Waals surface area contributed by atoms with Crippen LogP contribution in [0.3, 0.4) is 0 Å². The average molecular weight is 514 g/mol. The summed E-state index contributed by atoms with van der Waals surface area (Å²) in [6.45, 7) is 1.11. The lowest BCUT2D eigenvalue weighted by Gasteiger charge is -2.38. The third kappa shape index (κ3) is 5.54. The van der Waals surface area contributed by atoms with Gasteiger partial charge >= 0.3 is 0 Å². The Bertz CT molecular complexity index is 1370. The Hall–Kier alpha value is -3.79. The van der Waals surface area contributed by atoms with Crippen molar-refractivity contribution in [1.82, 2.24) is 10.2 Å². The maximum Gasteiger partial charge on any atom is 0.255 e. The van der Waals surface area contributed by atoms with Gasteiger partial charge in [-0.15, -0.1) is 0 Å². The maximum atomic E-state index is 14.2. The number of carbonyl (C=O) groups excluding carboxylic acids is 2. The molecule has 188 valence electrons. The number of anilines is 1. The largest absolute Gasteiger partial charge is 0.367 e. The SMILES string of the molecule is CS(=O)(=O)c1cc(F)ccc1N1CCN(C(=O)[C@H](NC(=O)c2ccccc2F)c2ccccc2)CC1. The Morgan fingerprint density at radius 3 is 2.17 bits per heavy atom. The molecule has 4 rings (SSSR count). The van der Waals surface area contributed by atoms with Crippen LogP contribution < -0.4 is 10.2 Å². The Kier molecular flexibility index (Phi) is 7.35. The van der Waals surface area contributed by atoms with Gasteiger partial charge in [0.15, 0.2) is 9.84 Å². The number of carbonyl (C=O) groups is 2. The van der Waals surface area contributed by atoms with Gasteiger partial charge in [0.2, 0.25) is 5.91 Å². The van der Waals surface area contributed by atoms with Crippen LogP contribution in [0.5, 0.6) is 0 Å². The Balaban J connectivity index is 1.53. The highest BCUT2D eigenvalue weighted by Gasteiger charge is 2.31. The molecule has 10 heteroatoms. The van der Waals surface area contributed by atoms with Crippen LogP contribution >= 0.6 is 0 Å². The van der Waals surface area contributed by atoms with Crippen LogP contribution in [-0.2, 0) is 14.6 Å². The third-order valence-corrected chi connectivity index (χ3v) is 7.15. The molecule has 1 heterocycles. The standard InChI is InChI=1S/C26H25F2N3O4S/c1-36(34,35)23-17-19(27)11-12-22(23)30-13-15-31(16-14-30)26(33)24(18-7-3-2-4-8-18)29-25(32)20-9-5-6-10-21(20)28/h2-12,17,24H,13-16H2,1H3,(H,29,32)/t24-/m1/s1. The van der Waals surface area contributed by atoms with Crippen LogP contribution in [0, 0.1) is 11.6 Å². The fraction of sp³-hybridized carbons (Fsp3) is 0.231. The molecule has 1 aliphatic rings. The molecule has 3 aromatic carbocycles. The molecular weight excluding hydrogens is 488 g/mol. The van der Waals surface area contributed by atoms with E-state index in [9.17, 15) is 26.8 Å². The number of nitrogens with zero attached hydrogens (tertiary/aromatic N) is 2. The summed E-state index contributed by atoms with van der Waals surface area (Å²) in [5.74, 6) is -2.42. The van der Waals surface area contributed by atoms with Gasteiger partial charge in [0.1, 0.15) is 17.7 Å². The number of benzene rings is 3. The van der Waals surface area contributed by atoms with E-state index in [-0.39, 0.29) is 29.5 Å². The van der Waals surface area contributed by atoms with Crippen LogP contribution in [0.4, 0.5) is 14.5 Å². The lowest BCUT2D eigenvalue weighted by atomic mass is 10.0. The highest BCUT2D eigenvalue weighted by Crippen LogP contribution is 2.28. The fourth-order valence-corrected chi connectivity index (χ4v) is 5.09. The summed E-state index contributed by atoms with van der Waals surface area (Å²) in [6.07, 6.45) is 1.02. The molecule has 0 aromatic heterocycles. The summed E-state index contributed by atoms with van der Waals surface area (Å²) < 4.78 is 52.3. The van der Waals surface area contributed by atoms with Crippen LogP contribution in [0.2, 0.25) is 0 Å². The number of hydrogen-bond acceptors (Lipinski definition) is 5. The monoisotopic (exact) mass is 513 g/mol. The van der Waals surface area contributed by atoms with E-state index in [0.717, 1.165) is 12.3 Å². The summed E-state index contributed by atoms with van der Waals surface area (Å²) in [6, 6.07) is 16.8. The van der Waals surface area contributed by atoms with Gasteiger partial charge in [-0.3, -0.25) is 9.59 Å². The molecule has 0 spiro atoms. The van der Waals surface area contributed by atoms with Crippen molar-refractivity contribution in [2.45, 2.75) is 10.9 Å². The first-order chi connectivity index (χ1) is 17.1. The van der Waals surface area contributed by atoms with Gasteiger partial charge in [0, 0.05) is 32.4 Å². The number of amides is 2. The van der Waals surface area contributed by atoms with Crippen molar-refractivity contribution in [3.8, 4) is 0 Å². The zero-order valence-electron chi connectivity index (χ0n) is 19.5. The maximum absolute atomic E-state index is 14.2.